The number of rotatable bonds is 5. The lowest BCUT2D eigenvalue weighted by Gasteiger charge is -2.19. The zero-order valence-electron chi connectivity index (χ0n) is 13.0. The molecule has 0 saturated carbocycles. The summed E-state index contributed by atoms with van der Waals surface area (Å²) in [6.45, 7) is 1.70. The van der Waals surface area contributed by atoms with Gasteiger partial charge >= 0.3 is 0 Å². The fourth-order valence-electron chi connectivity index (χ4n) is 2.27. The molecule has 2 aromatic carbocycles. The van der Waals surface area contributed by atoms with Gasteiger partial charge in [0.15, 0.2) is 11.5 Å². The maximum atomic E-state index is 14.3. The van der Waals surface area contributed by atoms with Crippen LogP contribution in [0.3, 0.4) is 0 Å². The molecule has 0 fully saturated rings. The number of halogens is 2. The van der Waals surface area contributed by atoms with E-state index in [1.165, 1.54) is 38.5 Å². The van der Waals surface area contributed by atoms with Crippen LogP contribution in [0, 0.1) is 23.0 Å². The highest BCUT2D eigenvalue weighted by Gasteiger charge is 2.18. The third-order valence-corrected chi connectivity index (χ3v) is 3.47. The number of anilines is 1. The highest BCUT2D eigenvalue weighted by atomic mass is 19.1. The molecule has 6 heteroatoms. The zero-order chi connectivity index (χ0) is 17.0. The first-order valence-corrected chi connectivity index (χ1v) is 6.88. The topological polar surface area (TPSA) is 54.3 Å². The van der Waals surface area contributed by atoms with Crippen molar-refractivity contribution in [2.24, 2.45) is 0 Å². The second-order valence-electron chi connectivity index (χ2n) is 4.87. The van der Waals surface area contributed by atoms with E-state index in [1.54, 1.807) is 19.1 Å². The summed E-state index contributed by atoms with van der Waals surface area (Å²) in [5.74, 6) is -0.447. The maximum absolute atomic E-state index is 14.3. The number of nitrogens with zero attached hydrogens (tertiary/aromatic N) is 1. The van der Waals surface area contributed by atoms with Crippen LogP contribution in [0.1, 0.15) is 24.1 Å². The number of benzene rings is 2. The van der Waals surface area contributed by atoms with Crippen LogP contribution in [-0.2, 0) is 0 Å². The number of ether oxygens (including phenoxy) is 2. The lowest BCUT2D eigenvalue weighted by molar-refractivity contribution is 0.351. The maximum Gasteiger partial charge on any atom is 0.163 e. The van der Waals surface area contributed by atoms with Crippen molar-refractivity contribution >= 4 is 5.69 Å². The molecule has 1 N–H and O–H groups in total. The molecule has 0 radical (unpaired) electrons. The summed E-state index contributed by atoms with van der Waals surface area (Å²) in [5.41, 5.74) is 0.505. The summed E-state index contributed by atoms with van der Waals surface area (Å²) in [4.78, 5) is 0. The van der Waals surface area contributed by atoms with Crippen LogP contribution < -0.4 is 14.8 Å². The summed E-state index contributed by atoms with van der Waals surface area (Å²) < 4.78 is 38.1. The van der Waals surface area contributed by atoms with Crippen LogP contribution in [0.25, 0.3) is 0 Å². The largest absolute Gasteiger partial charge is 0.493 e. The Hall–Kier alpha value is -2.81. The van der Waals surface area contributed by atoms with Crippen molar-refractivity contribution in [1.29, 1.82) is 5.26 Å². The predicted molar refractivity (Wildman–Crippen MR) is 82.7 cm³/mol. The first kappa shape index (κ1) is 16.6. The van der Waals surface area contributed by atoms with Crippen LogP contribution >= 0.6 is 0 Å². The summed E-state index contributed by atoms with van der Waals surface area (Å²) in [6, 6.07) is 8.27. The van der Waals surface area contributed by atoms with Gasteiger partial charge in [-0.05, 0) is 25.1 Å². The van der Waals surface area contributed by atoms with Crippen molar-refractivity contribution in [1.82, 2.24) is 0 Å². The molecule has 0 amide bonds. The molecule has 0 saturated heterocycles. The number of nitriles is 1. The van der Waals surface area contributed by atoms with E-state index in [0.29, 0.717) is 17.0 Å². The number of hydrogen-bond donors (Lipinski definition) is 1. The quantitative estimate of drug-likeness (QED) is 0.904. The van der Waals surface area contributed by atoms with E-state index in [1.807, 2.05) is 0 Å². The first-order valence-electron chi connectivity index (χ1n) is 6.88. The van der Waals surface area contributed by atoms with Gasteiger partial charge in [0.1, 0.15) is 23.3 Å². The van der Waals surface area contributed by atoms with E-state index in [4.69, 9.17) is 14.7 Å². The minimum Gasteiger partial charge on any atom is -0.493 e. The molecule has 0 aromatic heterocycles. The van der Waals surface area contributed by atoms with E-state index in [0.717, 1.165) is 0 Å². The van der Waals surface area contributed by atoms with Gasteiger partial charge in [-0.3, -0.25) is 0 Å². The van der Waals surface area contributed by atoms with Gasteiger partial charge in [-0.15, -0.1) is 0 Å². The van der Waals surface area contributed by atoms with Gasteiger partial charge in [-0.1, -0.05) is 6.07 Å². The van der Waals surface area contributed by atoms with Crippen molar-refractivity contribution in [2.45, 2.75) is 13.0 Å². The van der Waals surface area contributed by atoms with Gasteiger partial charge < -0.3 is 14.8 Å². The molecule has 2 rings (SSSR count). The van der Waals surface area contributed by atoms with E-state index >= 15 is 0 Å². The minimum absolute atomic E-state index is 0.111. The predicted octanol–water partition coefficient (Wildman–Crippen LogP) is 4.03. The summed E-state index contributed by atoms with van der Waals surface area (Å²) >= 11 is 0. The first-order chi connectivity index (χ1) is 11.0. The van der Waals surface area contributed by atoms with Crippen LogP contribution in [0.15, 0.2) is 30.3 Å². The molecule has 0 spiro atoms. The van der Waals surface area contributed by atoms with Gasteiger partial charge in [0.25, 0.3) is 0 Å². The average molecular weight is 318 g/mol. The highest BCUT2D eigenvalue weighted by molar-refractivity contribution is 5.59. The van der Waals surface area contributed by atoms with Crippen molar-refractivity contribution in [3.05, 3.63) is 53.1 Å². The molecule has 120 valence electrons. The molecule has 1 unspecified atom stereocenters. The van der Waals surface area contributed by atoms with Crippen molar-refractivity contribution < 1.29 is 18.3 Å². The molecular weight excluding hydrogens is 302 g/mol. The summed E-state index contributed by atoms with van der Waals surface area (Å²) in [7, 11) is 2.88. The Morgan fingerprint density at radius 3 is 2.35 bits per heavy atom. The normalized spacial score (nSPS) is 11.5. The van der Waals surface area contributed by atoms with Gasteiger partial charge in [0, 0.05) is 11.6 Å². The Labute approximate surface area is 133 Å². The molecule has 0 aliphatic heterocycles. The fourth-order valence-corrected chi connectivity index (χ4v) is 2.27. The lowest BCUT2D eigenvalue weighted by atomic mass is 10.1. The zero-order valence-corrected chi connectivity index (χ0v) is 13.0. The van der Waals surface area contributed by atoms with Gasteiger partial charge in [-0.2, -0.15) is 5.26 Å². The molecule has 2 aromatic rings. The Morgan fingerprint density at radius 2 is 1.74 bits per heavy atom. The molecule has 23 heavy (non-hydrogen) atoms. The number of nitrogens with one attached hydrogen (secondary N) is 1. The average Bonchev–Trinajstić information content (AvgIpc) is 2.54. The summed E-state index contributed by atoms with van der Waals surface area (Å²) in [5, 5.41) is 12.0. The van der Waals surface area contributed by atoms with Gasteiger partial charge in [-0.25, -0.2) is 8.78 Å². The molecule has 0 heterocycles. The van der Waals surface area contributed by atoms with Crippen molar-refractivity contribution in [3.63, 3.8) is 0 Å². The molecular formula is C17H16F2N2O2. The molecule has 4 nitrogen and oxygen atoms in total. The Kier molecular flexibility index (Phi) is 5.02. The number of hydrogen-bond acceptors (Lipinski definition) is 4. The lowest BCUT2D eigenvalue weighted by Crippen LogP contribution is -2.11. The van der Waals surface area contributed by atoms with Gasteiger partial charge in [0.2, 0.25) is 0 Å². The monoisotopic (exact) mass is 318 g/mol. The minimum atomic E-state index is -0.627. The fraction of sp³-hybridized carbons (Fsp3) is 0.235. The van der Waals surface area contributed by atoms with Crippen LogP contribution in [0.5, 0.6) is 11.5 Å². The van der Waals surface area contributed by atoms with Crippen LogP contribution in [0.4, 0.5) is 14.5 Å². The van der Waals surface area contributed by atoms with Crippen molar-refractivity contribution in [2.75, 3.05) is 19.5 Å². The third-order valence-electron chi connectivity index (χ3n) is 3.47. The second kappa shape index (κ2) is 6.97. The smallest absolute Gasteiger partial charge is 0.163 e. The number of methoxy groups -OCH3 is 2. The standard InChI is InChI=1S/C17H16F2N2O2/c1-10(21-15-6-4-5-13(18)12(15)9-20)11-7-16(22-2)17(23-3)8-14(11)19/h4-8,10,21H,1-3H3. The summed E-state index contributed by atoms with van der Waals surface area (Å²) in [6.07, 6.45) is 0. The van der Waals surface area contributed by atoms with E-state index in [-0.39, 0.29) is 11.3 Å². The van der Waals surface area contributed by atoms with E-state index in [2.05, 4.69) is 5.32 Å². The Balaban J connectivity index is 2.37. The molecule has 0 aliphatic carbocycles. The SMILES string of the molecule is COc1cc(F)c(C(C)Nc2cccc(F)c2C#N)cc1OC. The third kappa shape index (κ3) is 3.34. The molecule has 0 bridgehead atoms. The van der Waals surface area contributed by atoms with Gasteiger partial charge in [0.05, 0.1) is 25.9 Å². The van der Waals surface area contributed by atoms with Crippen LogP contribution in [0.2, 0.25) is 0 Å². The van der Waals surface area contributed by atoms with E-state index < -0.39 is 17.7 Å². The Morgan fingerprint density at radius 1 is 1.09 bits per heavy atom. The second-order valence-corrected chi connectivity index (χ2v) is 4.87. The van der Waals surface area contributed by atoms with Crippen molar-refractivity contribution in [3.8, 4) is 17.6 Å². The highest BCUT2D eigenvalue weighted by Crippen LogP contribution is 2.34. The van der Waals surface area contributed by atoms with Crippen LogP contribution in [-0.4, -0.2) is 14.2 Å². The molecule has 1 atom stereocenters. The Bertz CT molecular complexity index is 757. The molecule has 0 aliphatic rings. The van der Waals surface area contributed by atoms with E-state index in [9.17, 15) is 8.78 Å².